The molecule has 1 heterocycles. The number of benzene rings is 1. The summed E-state index contributed by atoms with van der Waals surface area (Å²) in [5, 5.41) is 20.3. The molecule has 1 amide bonds. The molecule has 2 aromatic rings. The fraction of sp³-hybridized carbons (Fsp3) is 0.182. The van der Waals surface area contributed by atoms with Gasteiger partial charge in [-0.15, -0.1) is 0 Å². The molecule has 0 fully saturated rings. The number of nitrogens with two attached hydrogens (primary N) is 1. The number of carbonyl (C=O) groups is 2. The SMILES string of the molecule is Nc1nc2ccc(C(=O)NCC(O)C(=O)O)cc2s1. The Labute approximate surface area is 111 Å². The third-order valence-electron chi connectivity index (χ3n) is 2.41. The van der Waals surface area contributed by atoms with E-state index in [1.165, 1.54) is 11.3 Å². The molecule has 0 radical (unpaired) electrons. The Kier molecular flexibility index (Phi) is 3.63. The number of aromatic nitrogens is 1. The number of anilines is 1. The van der Waals surface area contributed by atoms with E-state index in [1.807, 2.05) is 0 Å². The van der Waals surface area contributed by atoms with E-state index >= 15 is 0 Å². The fourth-order valence-corrected chi connectivity index (χ4v) is 2.24. The summed E-state index contributed by atoms with van der Waals surface area (Å²) in [6.07, 6.45) is -1.62. The molecule has 1 atom stereocenters. The van der Waals surface area contributed by atoms with E-state index in [-0.39, 0.29) is 6.54 Å². The molecule has 0 bridgehead atoms. The molecule has 0 saturated heterocycles. The van der Waals surface area contributed by atoms with E-state index in [4.69, 9.17) is 15.9 Å². The highest BCUT2D eigenvalue weighted by molar-refractivity contribution is 7.22. The highest BCUT2D eigenvalue weighted by Gasteiger charge is 2.15. The third kappa shape index (κ3) is 2.98. The van der Waals surface area contributed by atoms with Crippen molar-refractivity contribution in [3.05, 3.63) is 23.8 Å². The zero-order chi connectivity index (χ0) is 14.0. The standard InChI is InChI=1S/C11H11N3O4S/c12-11-14-6-2-1-5(3-8(6)19-11)9(16)13-4-7(15)10(17)18/h1-3,7,15H,4H2,(H2,12,14)(H,13,16)(H,17,18). The molecule has 0 aliphatic carbocycles. The Morgan fingerprint density at radius 1 is 1.47 bits per heavy atom. The van der Waals surface area contributed by atoms with E-state index in [0.717, 1.165) is 4.70 Å². The van der Waals surface area contributed by atoms with Crippen molar-refractivity contribution >= 4 is 38.6 Å². The predicted molar refractivity (Wildman–Crippen MR) is 70.0 cm³/mol. The van der Waals surface area contributed by atoms with E-state index in [2.05, 4.69) is 10.3 Å². The highest BCUT2D eigenvalue weighted by atomic mass is 32.1. The summed E-state index contributed by atoms with van der Waals surface area (Å²) in [6, 6.07) is 4.83. The molecule has 0 aliphatic heterocycles. The number of rotatable bonds is 4. The first-order valence-corrected chi connectivity index (χ1v) is 6.14. The quantitative estimate of drug-likeness (QED) is 0.627. The van der Waals surface area contributed by atoms with Gasteiger partial charge >= 0.3 is 5.97 Å². The number of fused-ring (bicyclic) bond motifs is 1. The molecule has 1 aromatic heterocycles. The lowest BCUT2D eigenvalue weighted by Gasteiger charge is -2.07. The number of nitrogens with one attached hydrogen (secondary N) is 1. The molecule has 2 rings (SSSR count). The average molecular weight is 281 g/mol. The van der Waals surface area contributed by atoms with Gasteiger partial charge in [0.05, 0.1) is 16.8 Å². The Morgan fingerprint density at radius 2 is 2.21 bits per heavy atom. The monoisotopic (exact) mass is 281 g/mol. The largest absolute Gasteiger partial charge is 0.479 e. The molecule has 7 nitrogen and oxygen atoms in total. The van der Waals surface area contributed by atoms with Crippen LogP contribution >= 0.6 is 11.3 Å². The molecule has 0 spiro atoms. The van der Waals surface area contributed by atoms with Gasteiger partial charge in [-0.3, -0.25) is 4.79 Å². The van der Waals surface area contributed by atoms with Gasteiger partial charge in [-0.25, -0.2) is 9.78 Å². The maximum absolute atomic E-state index is 11.8. The minimum atomic E-state index is -1.62. The van der Waals surface area contributed by atoms with Crippen LogP contribution in [0, 0.1) is 0 Å². The number of aliphatic hydroxyl groups excluding tert-OH is 1. The number of carbonyl (C=O) groups excluding carboxylic acids is 1. The van der Waals surface area contributed by atoms with E-state index in [1.54, 1.807) is 18.2 Å². The summed E-state index contributed by atoms with van der Waals surface area (Å²) >= 11 is 1.26. The summed E-state index contributed by atoms with van der Waals surface area (Å²) in [5.74, 6) is -1.85. The van der Waals surface area contributed by atoms with Crippen LogP contribution in [0.4, 0.5) is 5.13 Å². The molecule has 19 heavy (non-hydrogen) atoms. The van der Waals surface area contributed by atoms with Crippen LogP contribution in [-0.4, -0.2) is 39.7 Å². The lowest BCUT2D eigenvalue weighted by molar-refractivity contribution is -0.146. The summed E-state index contributed by atoms with van der Waals surface area (Å²) < 4.78 is 0.768. The Balaban J connectivity index is 2.10. The van der Waals surface area contributed by atoms with Gasteiger partial charge in [-0.1, -0.05) is 11.3 Å². The van der Waals surface area contributed by atoms with Crippen molar-refractivity contribution < 1.29 is 19.8 Å². The topological polar surface area (TPSA) is 126 Å². The maximum Gasteiger partial charge on any atom is 0.334 e. The number of aliphatic hydroxyl groups is 1. The number of carboxylic acids is 1. The molecule has 1 aromatic carbocycles. The van der Waals surface area contributed by atoms with Gasteiger partial charge < -0.3 is 21.3 Å². The van der Waals surface area contributed by atoms with Crippen LogP contribution in [0.5, 0.6) is 0 Å². The van der Waals surface area contributed by atoms with E-state index in [0.29, 0.717) is 16.2 Å². The number of thiazole rings is 1. The van der Waals surface area contributed by atoms with E-state index < -0.39 is 18.0 Å². The molecule has 100 valence electrons. The second-order valence-electron chi connectivity index (χ2n) is 3.80. The molecule has 8 heteroatoms. The third-order valence-corrected chi connectivity index (χ3v) is 3.26. The summed E-state index contributed by atoms with van der Waals surface area (Å²) in [6.45, 7) is -0.350. The van der Waals surface area contributed by atoms with Crippen LogP contribution in [0.2, 0.25) is 0 Å². The fourth-order valence-electron chi connectivity index (χ4n) is 1.46. The molecule has 5 N–H and O–H groups in total. The number of hydrogen-bond donors (Lipinski definition) is 4. The lowest BCUT2D eigenvalue weighted by atomic mass is 10.2. The van der Waals surface area contributed by atoms with Crippen LogP contribution in [-0.2, 0) is 4.79 Å². The Hall–Kier alpha value is -2.19. The molecule has 1 unspecified atom stereocenters. The van der Waals surface area contributed by atoms with Crippen molar-refractivity contribution in [2.75, 3.05) is 12.3 Å². The van der Waals surface area contributed by atoms with Crippen LogP contribution in [0.3, 0.4) is 0 Å². The average Bonchev–Trinajstić information content (AvgIpc) is 2.74. The van der Waals surface area contributed by atoms with Gasteiger partial charge in [0.1, 0.15) is 0 Å². The van der Waals surface area contributed by atoms with Crippen LogP contribution < -0.4 is 11.1 Å². The number of nitrogens with zero attached hydrogens (tertiary/aromatic N) is 1. The first-order valence-electron chi connectivity index (χ1n) is 5.32. The van der Waals surface area contributed by atoms with Crippen molar-refractivity contribution in [1.82, 2.24) is 10.3 Å². The van der Waals surface area contributed by atoms with Gasteiger partial charge in [0.15, 0.2) is 11.2 Å². The van der Waals surface area contributed by atoms with Gasteiger partial charge in [0, 0.05) is 5.56 Å². The smallest absolute Gasteiger partial charge is 0.334 e. The zero-order valence-electron chi connectivity index (χ0n) is 9.66. The lowest BCUT2D eigenvalue weighted by Crippen LogP contribution is -2.36. The summed E-state index contributed by atoms with van der Waals surface area (Å²) in [7, 11) is 0. The van der Waals surface area contributed by atoms with Gasteiger partial charge in [-0.2, -0.15) is 0 Å². The second-order valence-corrected chi connectivity index (χ2v) is 4.86. The number of aliphatic carboxylic acids is 1. The van der Waals surface area contributed by atoms with Crippen molar-refractivity contribution in [1.29, 1.82) is 0 Å². The van der Waals surface area contributed by atoms with Gasteiger partial charge in [0.25, 0.3) is 5.91 Å². The van der Waals surface area contributed by atoms with Crippen molar-refractivity contribution in [2.45, 2.75) is 6.10 Å². The number of amides is 1. The first-order chi connectivity index (χ1) is 8.97. The van der Waals surface area contributed by atoms with Crippen molar-refractivity contribution in [2.24, 2.45) is 0 Å². The molecular weight excluding hydrogens is 270 g/mol. The minimum Gasteiger partial charge on any atom is -0.479 e. The summed E-state index contributed by atoms with van der Waals surface area (Å²) in [5.41, 5.74) is 6.61. The van der Waals surface area contributed by atoms with Gasteiger partial charge in [0.2, 0.25) is 0 Å². The van der Waals surface area contributed by atoms with Crippen LogP contribution in [0.15, 0.2) is 18.2 Å². The molecule has 0 aliphatic rings. The molecule has 0 saturated carbocycles. The van der Waals surface area contributed by atoms with Crippen LogP contribution in [0.25, 0.3) is 10.2 Å². The van der Waals surface area contributed by atoms with E-state index in [9.17, 15) is 9.59 Å². The highest BCUT2D eigenvalue weighted by Crippen LogP contribution is 2.24. The normalized spacial score (nSPS) is 12.3. The van der Waals surface area contributed by atoms with Gasteiger partial charge in [-0.05, 0) is 18.2 Å². The molecular formula is C11H11N3O4S. The number of nitrogen functional groups attached to an aromatic ring is 1. The predicted octanol–water partition coefficient (Wildman–Crippen LogP) is 0.0538. The second kappa shape index (κ2) is 5.21. The Bertz CT molecular complexity index is 640. The van der Waals surface area contributed by atoms with Crippen molar-refractivity contribution in [3.63, 3.8) is 0 Å². The number of carboxylic acid groups (broad SMARTS) is 1. The summed E-state index contributed by atoms with van der Waals surface area (Å²) in [4.78, 5) is 26.2. The van der Waals surface area contributed by atoms with Crippen molar-refractivity contribution in [3.8, 4) is 0 Å². The zero-order valence-corrected chi connectivity index (χ0v) is 10.5. The first kappa shape index (κ1) is 13.2. The Morgan fingerprint density at radius 3 is 2.89 bits per heavy atom. The van der Waals surface area contributed by atoms with Crippen LogP contribution in [0.1, 0.15) is 10.4 Å². The number of hydrogen-bond acceptors (Lipinski definition) is 6. The minimum absolute atomic E-state index is 0.350. The maximum atomic E-state index is 11.8.